The molecule has 0 atom stereocenters. The molecule has 4 heteroatoms. The smallest absolute Gasteiger partial charge is 0.250 e. The molecule has 3 nitrogen and oxygen atoms in total. The van der Waals surface area contributed by atoms with Gasteiger partial charge < -0.3 is 9.74 Å². The SMILES string of the molecule is CC1=CC(O[Si](C)(C)C(C)(C)C)=C(c2ccccc2)CC(=O)N1. The maximum absolute atomic E-state index is 12.2. The van der Waals surface area contributed by atoms with Crippen molar-refractivity contribution in [3.05, 3.63) is 53.4 Å². The minimum Gasteiger partial charge on any atom is -0.543 e. The van der Waals surface area contributed by atoms with Crippen molar-refractivity contribution < 1.29 is 9.22 Å². The Morgan fingerprint density at radius 1 is 1.13 bits per heavy atom. The first kappa shape index (κ1) is 17.5. The summed E-state index contributed by atoms with van der Waals surface area (Å²) in [6.07, 6.45) is 2.30. The highest BCUT2D eigenvalue weighted by Crippen LogP contribution is 2.40. The second-order valence-electron chi connectivity index (χ2n) is 7.62. The van der Waals surface area contributed by atoms with Crippen LogP contribution in [0.2, 0.25) is 18.1 Å². The van der Waals surface area contributed by atoms with Gasteiger partial charge >= 0.3 is 0 Å². The monoisotopic (exact) mass is 329 g/mol. The third-order valence-electron chi connectivity index (χ3n) is 4.61. The second-order valence-corrected chi connectivity index (χ2v) is 12.3. The molecular weight excluding hydrogens is 302 g/mol. The van der Waals surface area contributed by atoms with Crippen molar-refractivity contribution in [3.63, 3.8) is 0 Å². The molecule has 1 aromatic carbocycles. The fourth-order valence-corrected chi connectivity index (χ4v) is 3.27. The van der Waals surface area contributed by atoms with Gasteiger partial charge in [0.15, 0.2) is 0 Å². The third kappa shape index (κ3) is 4.13. The predicted octanol–water partition coefficient (Wildman–Crippen LogP) is 4.84. The van der Waals surface area contributed by atoms with Gasteiger partial charge in [-0.3, -0.25) is 4.79 Å². The molecule has 1 aliphatic rings. The molecule has 0 bridgehead atoms. The summed E-state index contributed by atoms with van der Waals surface area (Å²) in [5.74, 6) is 0.838. The van der Waals surface area contributed by atoms with E-state index in [9.17, 15) is 4.79 Å². The highest BCUT2D eigenvalue weighted by Gasteiger charge is 2.40. The van der Waals surface area contributed by atoms with Crippen LogP contribution < -0.4 is 5.32 Å². The number of hydrogen-bond acceptors (Lipinski definition) is 2. The van der Waals surface area contributed by atoms with Crippen molar-refractivity contribution in [1.29, 1.82) is 0 Å². The summed E-state index contributed by atoms with van der Waals surface area (Å²) < 4.78 is 6.56. The van der Waals surface area contributed by atoms with Crippen molar-refractivity contribution >= 4 is 19.8 Å². The molecule has 0 aliphatic carbocycles. The van der Waals surface area contributed by atoms with Crippen LogP contribution >= 0.6 is 0 Å². The maximum Gasteiger partial charge on any atom is 0.250 e. The largest absolute Gasteiger partial charge is 0.543 e. The van der Waals surface area contributed by atoms with E-state index in [2.05, 4.69) is 39.2 Å². The van der Waals surface area contributed by atoms with Crippen molar-refractivity contribution in [2.45, 2.75) is 52.2 Å². The van der Waals surface area contributed by atoms with Crippen LogP contribution in [0.5, 0.6) is 0 Å². The Morgan fingerprint density at radius 3 is 2.30 bits per heavy atom. The fraction of sp³-hybridized carbons (Fsp3) is 0.421. The Morgan fingerprint density at radius 2 is 1.74 bits per heavy atom. The summed E-state index contributed by atoms with van der Waals surface area (Å²) in [5, 5.41) is 3.02. The first-order chi connectivity index (χ1) is 10.6. The van der Waals surface area contributed by atoms with E-state index < -0.39 is 8.32 Å². The summed E-state index contributed by atoms with van der Waals surface area (Å²) in [4.78, 5) is 12.2. The average molecular weight is 330 g/mol. The van der Waals surface area contributed by atoms with E-state index in [4.69, 9.17) is 4.43 Å². The lowest BCUT2D eigenvalue weighted by Gasteiger charge is -2.37. The highest BCUT2D eigenvalue weighted by molar-refractivity contribution is 6.74. The normalized spacial score (nSPS) is 16.6. The van der Waals surface area contributed by atoms with E-state index in [-0.39, 0.29) is 10.9 Å². The fourth-order valence-electron chi connectivity index (χ4n) is 2.23. The number of rotatable bonds is 3. The van der Waals surface area contributed by atoms with Gasteiger partial charge in [0, 0.05) is 11.3 Å². The summed E-state index contributed by atoms with van der Waals surface area (Å²) in [7, 11) is -1.98. The second kappa shape index (κ2) is 6.36. The van der Waals surface area contributed by atoms with Crippen LogP contribution in [0.15, 0.2) is 47.9 Å². The number of allylic oxidation sites excluding steroid dienone is 2. The standard InChI is InChI=1S/C19H27NO2Si/c1-14-12-17(22-23(5,6)19(2,3)4)16(13-18(21)20-14)15-10-8-7-9-11-15/h7-12H,13H2,1-6H3,(H,20,21). The molecule has 0 fully saturated rings. The zero-order chi connectivity index (χ0) is 17.3. The predicted molar refractivity (Wildman–Crippen MR) is 98.2 cm³/mol. The molecule has 0 spiro atoms. The molecule has 0 unspecified atom stereocenters. The molecule has 124 valence electrons. The molecule has 1 heterocycles. The first-order valence-corrected chi connectivity index (χ1v) is 11.0. The van der Waals surface area contributed by atoms with Crippen LogP contribution in [-0.2, 0) is 9.22 Å². The third-order valence-corrected chi connectivity index (χ3v) is 8.96. The summed E-state index contributed by atoms with van der Waals surface area (Å²) >= 11 is 0. The Bertz CT molecular complexity index is 652. The van der Waals surface area contributed by atoms with E-state index in [0.29, 0.717) is 6.42 Å². The van der Waals surface area contributed by atoms with Gasteiger partial charge in [-0.1, -0.05) is 51.1 Å². The lowest BCUT2D eigenvalue weighted by Crippen LogP contribution is -2.40. The van der Waals surface area contributed by atoms with E-state index in [0.717, 1.165) is 22.6 Å². The van der Waals surface area contributed by atoms with Gasteiger partial charge in [-0.05, 0) is 36.7 Å². The van der Waals surface area contributed by atoms with Gasteiger partial charge in [-0.2, -0.15) is 0 Å². The van der Waals surface area contributed by atoms with Gasteiger partial charge in [0.25, 0.3) is 0 Å². The molecule has 1 N–H and O–H groups in total. The first-order valence-electron chi connectivity index (χ1n) is 8.06. The van der Waals surface area contributed by atoms with Crippen LogP contribution in [0.1, 0.15) is 39.7 Å². The zero-order valence-corrected chi connectivity index (χ0v) is 16.0. The number of carbonyl (C=O) groups is 1. The van der Waals surface area contributed by atoms with Crippen molar-refractivity contribution in [2.75, 3.05) is 0 Å². The van der Waals surface area contributed by atoms with Gasteiger partial charge in [0.2, 0.25) is 14.2 Å². The van der Waals surface area contributed by atoms with E-state index in [1.807, 2.05) is 43.3 Å². The Hall–Kier alpha value is -1.81. The molecule has 0 radical (unpaired) electrons. The lowest BCUT2D eigenvalue weighted by atomic mass is 10.0. The molecule has 23 heavy (non-hydrogen) atoms. The van der Waals surface area contributed by atoms with Crippen LogP contribution in [0.3, 0.4) is 0 Å². The molecule has 1 aromatic rings. The Kier molecular flexibility index (Phi) is 4.85. The quantitative estimate of drug-likeness (QED) is 0.806. The summed E-state index contributed by atoms with van der Waals surface area (Å²) in [5.41, 5.74) is 2.83. The van der Waals surface area contributed by atoms with Gasteiger partial charge in [0.1, 0.15) is 5.76 Å². The zero-order valence-electron chi connectivity index (χ0n) is 15.0. The number of hydrogen-bond donors (Lipinski definition) is 1. The minimum atomic E-state index is -1.98. The number of amides is 1. The van der Waals surface area contributed by atoms with Gasteiger partial charge in [-0.15, -0.1) is 0 Å². The van der Waals surface area contributed by atoms with E-state index in [1.54, 1.807) is 0 Å². The Balaban J connectivity index is 2.54. The molecule has 2 rings (SSSR count). The topological polar surface area (TPSA) is 38.3 Å². The van der Waals surface area contributed by atoms with Crippen LogP contribution in [-0.4, -0.2) is 14.2 Å². The number of benzene rings is 1. The molecule has 1 aliphatic heterocycles. The van der Waals surface area contributed by atoms with Gasteiger partial charge in [0.05, 0.1) is 6.42 Å². The van der Waals surface area contributed by atoms with Crippen LogP contribution in [0.4, 0.5) is 0 Å². The minimum absolute atomic E-state index is 0.00596. The maximum atomic E-state index is 12.2. The highest BCUT2D eigenvalue weighted by atomic mass is 28.4. The van der Waals surface area contributed by atoms with Crippen LogP contribution in [0.25, 0.3) is 5.57 Å². The van der Waals surface area contributed by atoms with E-state index >= 15 is 0 Å². The molecular formula is C19H27NO2Si. The van der Waals surface area contributed by atoms with Crippen LogP contribution in [0, 0.1) is 0 Å². The summed E-state index contributed by atoms with van der Waals surface area (Å²) in [6.45, 7) is 13.0. The lowest BCUT2D eigenvalue weighted by molar-refractivity contribution is -0.119. The van der Waals surface area contributed by atoms with Gasteiger partial charge in [-0.25, -0.2) is 0 Å². The summed E-state index contributed by atoms with van der Waals surface area (Å²) in [6, 6.07) is 10.0. The molecule has 0 aromatic heterocycles. The Labute approximate surface area is 140 Å². The molecule has 0 saturated carbocycles. The van der Waals surface area contributed by atoms with Crippen molar-refractivity contribution in [1.82, 2.24) is 5.32 Å². The molecule has 1 amide bonds. The van der Waals surface area contributed by atoms with Crippen molar-refractivity contribution in [3.8, 4) is 0 Å². The number of nitrogens with one attached hydrogen (secondary N) is 1. The van der Waals surface area contributed by atoms with Crippen molar-refractivity contribution in [2.24, 2.45) is 0 Å². The average Bonchev–Trinajstić information content (AvgIpc) is 2.56. The molecule has 0 saturated heterocycles. The number of carbonyl (C=O) groups excluding carboxylic acids is 1. The van der Waals surface area contributed by atoms with E-state index in [1.165, 1.54) is 0 Å².